The molecule has 2 aromatic carbocycles. The molecule has 0 atom stereocenters. The fourth-order valence-corrected chi connectivity index (χ4v) is 3.27. The molecule has 0 radical (unpaired) electrons. The lowest BCUT2D eigenvalue weighted by molar-refractivity contribution is 0.0950. The van der Waals surface area contributed by atoms with Crippen molar-refractivity contribution in [2.24, 2.45) is 0 Å². The molecule has 0 saturated heterocycles. The van der Waals surface area contributed by atoms with Crippen LogP contribution >= 0.6 is 46.6 Å². The van der Waals surface area contributed by atoms with E-state index >= 15 is 0 Å². The van der Waals surface area contributed by atoms with E-state index in [0.29, 0.717) is 37.4 Å². The molecule has 134 valence electrons. The minimum Gasteiger partial charge on any atom is -0.345 e. The monoisotopic (exact) mass is 426 g/mol. The molecule has 5 nitrogen and oxygen atoms in total. The molecule has 3 rings (SSSR count). The molecule has 3 aromatic rings. The molecule has 2 N–H and O–H groups in total. The third-order valence-corrected chi connectivity index (χ3v) is 5.30. The highest BCUT2D eigenvalue weighted by molar-refractivity contribution is 7.98. The summed E-state index contributed by atoms with van der Waals surface area (Å²) in [5.41, 5.74) is 1.55. The van der Waals surface area contributed by atoms with Gasteiger partial charge in [-0.05, 0) is 42.0 Å². The topological polar surface area (TPSA) is 70.7 Å². The molecular formula is C17H13Cl3N4OS. The fraction of sp³-hybridized carbons (Fsp3) is 0.118. The Morgan fingerprint density at radius 1 is 1.08 bits per heavy atom. The van der Waals surface area contributed by atoms with Crippen molar-refractivity contribution in [3.63, 3.8) is 0 Å². The predicted octanol–water partition coefficient (Wildman–Crippen LogP) is 4.99. The minimum atomic E-state index is -0.205. The number of nitrogens with one attached hydrogen (secondary N) is 2. The summed E-state index contributed by atoms with van der Waals surface area (Å²) in [5.74, 6) is 1.03. The number of carbonyl (C=O) groups is 1. The number of hydrogen-bond donors (Lipinski definition) is 2. The van der Waals surface area contributed by atoms with Crippen molar-refractivity contribution in [1.82, 2.24) is 20.5 Å². The summed E-state index contributed by atoms with van der Waals surface area (Å²) >= 11 is 19.2. The molecule has 0 aliphatic rings. The van der Waals surface area contributed by atoms with E-state index in [1.165, 1.54) is 11.8 Å². The fourth-order valence-electron chi connectivity index (χ4n) is 2.07. The zero-order chi connectivity index (χ0) is 18.5. The van der Waals surface area contributed by atoms with Crippen LogP contribution in [-0.2, 0) is 12.3 Å². The van der Waals surface area contributed by atoms with E-state index in [1.807, 2.05) is 12.1 Å². The highest BCUT2D eigenvalue weighted by Crippen LogP contribution is 2.26. The van der Waals surface area contributed by atoms with Gasteiger partial charge in [-0.15, -0.1) is 5.10 Å². The van der Waals surface area contributed by atoms with E-state index in [9.17, 15) is 4.79 Å². The molecule has 0 aliphatic heterocycles. The number of aromatic amines is 1. The van der Waals surface area contributed by atoms with Crippen molar-refractivity contribution in [3.05, 3.63) is 74.5 Å². The molecular weight excluding hydrogens is 415 g/mol. The summed E-state index contributed by atoms with van der Waals surface area (Å²) in [6.45, 7) is 0.252. The van der Waals surface area contributed by atoms with Gasteiger partial charge >= 0.3 is 0 Å². The molecule has 26 heavy (non-hydrogen) atoms. The third kappa shape index (κ3) is 5.14. The predicted molar refractivity (Wildman–Crippen MR) is 105 cm³/mol. The second-order valence-electron chi connectivity index (χ2n) is 5.29. The number of carbonyl (C=O) groups excluding carboxylic acids is 1. The van der Waals surface area contributed by atoms with Crippen LogP contribution in [0.2, 0.25) is 15.1 Å². The van der Waals surface area contributed by atoms with Crippen LogP contribution in [0.4, 0.5) is 0 Å². The maximum atomic E-state index is 12.1. The number of rotatable bonds is 6. The standard InChI is InChI=1S/C17H13Cl3N4OS/c18-12-4-2-11(3-5-12)16(25)21-8-15-22-17(24-23-15)26-9-10-1-6-13(19)14(20)7-10/h1-7H,8-9H2,(H,21,25)(H,22,23,24). The van der Waals surface area contributed by atoms with Crippen molar-refractivity contribution < 1.29 is 4.79 Å². The van der Waals surface area contributed by atoms with Crippen LogP contribution < -0.4 is 5.32 Å². The van der Waals surface area contributed by atoms with Crippen LogP contribution in [0.15, 0.2) is 47.6 Å². The summed E-state index contributed by atoms with van der Waals surface area (Å²) in [4.78, 5) is 16.4. The van der Waals surface area contributed by atoms with Crippen molar-refractivity contribution in [3.8, 4) is 0 Å². The molecule has 1 aromatic heterocycles. The van der Waals surface area contributed by atoms with Crippen molar-refractivity contribution in [2.45, 2.75) is 17.5 Å². The van der Waals surface area contributed by atoms with Gasteiger partial charge in [0.25, 0.3) is 5.91 Å². The van der Waals surface area contributed by atoms with Crippen molar-refractivity contribution in [1.29, 1.82) is 0 Å². The summed E-state index contributed by atoms with van der Waals surface area (Å²) in [6.07, 6.45) is 0. The van der Waals surface area contributed by atoms with Gasteiger partial charge in [0, 0.05) is 16.3 Å². The quantitative estimate of drug-likeness (QED) is 0.544. The van der Waals surface area contributed by atoms with Crippen LogP contribution in [0.1, 0.15) is 21.7 Å². The van der Waals surface area contributed by atoms with Gasteiger partial charge in [-0.2, -0.15) is 0 Å². The molecule has 1 heterocycles. The van der Waals surface area contributed by atoms with Gasteiger partial charge in [0.15, 0.2) is 0 Å². The van der Waals surface area contributed by atoms with E-state index in [2.05, 4.69) is 20.5 Å². The number of amides is 1. The van der Waals surface area contributed by atoms with Crippen LogP contribution in [0.3, 0.4) is 0 Å². The Bertz CT molecular complexity index is 915. The van der Waals surface area contributed by atoms with Gasteiger partial charge < -0.3 is 5.32 Å². The highest BCUT2D eigenvalue weighted by atomic mass is 35.5. The number of nitrogens with zero attached hydrogens (tertiary/aromatic N) is 2. The molecule has 0 bridgehead atoms. The first-order valence-electron chi connectivity index (χ1n) is 7.53. The Kier molecular flexibility index (Phi) is 6.43. The maximum Gasteiger partial charge on any atom is 0.251 e. The number of benzene rings is 2. The smallest absolute Gasteiger partial charge is 0.251 e. The van der Waals surface area contributed by atoms with E-state index in [-0.39, 0.29) is 12.5 Å². The molecule has 1 amide bonds. The van der Waals surface area contributed by atoms with Gasteiger partial charge in [0.05, 0.1) is 16.6 Å². The first-order chi connectivity index (χ1) is 12.5. The number of aromatic nitrogens is 3. The Labute approximate surface area is 169 Å². The lowest BCUT2D eigenvalue weighted by atomic mass is 10.2. The van der Waals surface area contributed by atoms with Gasteiger partial charge in [-0.1, -0.05) is 52.6 Å². The lowest BCUT2D eigenvalue weighted by Gasteiger charge is -2.03. The third-order valence-electron chi connectivity index (χ3n) is 3.39. The van der Waals surface area contributed by atoms with Crippen LogP contribution in [0, 0.1) is 0 Å². The number of H-pyrrole nitrogens is 1. The van der Waals surface area contributed by atoms with Gasteiger partial charge in [-0.3, -0.25) is 9.89 Å². The summed E-state index contributed by atoms with van der Waals surface area (Å²) in [7, 11) is 0. The average Bonchev–Trinajstić information content (AvgIpc) is 3.09. The van der Waals surface area contributed by atoms with Crippen LogP contribution in [0.25, 0.3) is 0 Å². The second-order valence-corrected chi connectivity index (χ2v) is 7.48. The van der Waals surface area contributed by atoms with Crippen LogP contribution in [0.5, 0.6) is 0 Å². The molecule has 0 spiro atoms. The highest BCUT2D eigenvalue weighted by Gasteiger charge is 2.09. The summed E-state index contributed by atoms with van der Waals surface area (Å²) in [5, 5.41) is 11.9. The van der Waals surface area contributed by atoms with Gasteiger partial charge in [0.2, 0.25) is 5.16 Å². The Hall–Kier alpha value is -1.73. The zero-order valence-corrected chi connectivity index (χ0v) is 16.4. The molecule has 9 heteroatoms. The largest absolute Gasteiger partial charge is 0.345 e. The summed E-state index contributed by atoms with van der Waals surface area (Å²) in [6, 6.07) is 12.1. The first kappa shape index (κ1) is 19.0. The summed E-state index contributed by atoms with van der Waals surface area (Å²) < 4.78 is 0. The number of hydrogen-bond acceptors (Lipinski definition) is 4. The zero-order valence-electron chi connectivity index (χ0n) is 13.3. The Morgan fingerprint density at radius 3 is 2.58 bits per heavy atom. The molecule has 0 unspecified atom stereocenters. The maximum absolute atomic E-state index is 12.1. The number of halogens is 3. The Morgan fingerprint density at radius 2 is 1.85 bits per heavy atom. The first-order valence-corrected chi connectivity index (χ1v) is 9.65. The van der Waals surface area contributed by atoms with E-state index in [1.54, 1.807) is 30.3 Å². The minimum absolute atomic E-state index is 0.205. The second kappa shape index (κ2) is 8.77. The van der Waals surface area contributed by atoms with Gasteiger partial charge in [0.1, 0.15) is 5.82 Å². The molecule has 0 aliphatic carbocycles. The van der Waals surface area contributed by atoms with Crippen molar-refractivity contribution >= 4 is 52.5 Å². The SMILES string of the molecule is O=C(NCc1nc(SCc2ccc(Cl)c(Cl)c2)n[nH]1)c1ccc(Cl)cc1. The van der Waals surface area contributed by atoms with Crippen molar-refractivity contribution in [2.75, 3.05) is 0 Å². The molecule has 0 fully saturated rings. The molecule has 0 saturated carbocycles. The normalized spacial score (nSPS) is 10.7. The van der Waals surface area contributed by atoms with E-state index in [4.69, 9.17) is 34.8 Å². The average molecular weight is 428 g/mol. The lowest BCUT2D eigenvalue weighted by Crippen LogP contribution is -2.23. The van der Waals surface area contributed by atoms with E-state index in [0.717, 1.165) is 5.56 Å². The number of thioether (sulfide) groups is 1. The van der Waals surface area contributed by atoms with Gasteiger partial charge in [-0.25, -0.2) is 4.98 Å². The van der Waals surface area contributed by atoms with E-state index < -0.39 is 0 Å². The van der Waals surface area contributed by atoms with Crippen LogP contribution in [-0.4, -0.2) is 21.1 Å². The Balaban J connectivity index is 1.52.